The number of unbranched alkanes of at least 4 members (excludes halogenated alkanes) is 2. The summed E-state index contributed by atoms with van der Waals surface area (Å²) in [5.74, 6) is -0.693. The summed E-state index contributed by atoms with van der Waals surface area (Å²) in [5, 5.41) is 27.3. The number of carbonyl (C=O) groups is 3. The fraction of sp³-hybridized carbons (Fsp3) is 0.359. The van der Waals surface area contributed by atoms with E-state index in [0.717, 1.165) is 36.8 Å². The molecule has 1 atom stereocenters. The van der Waals surface area contributed by atoms with Crippen LogP contribution in [-0.4, -0.2) is 74.8 Å². The van der Waals surface area contributed by atoms with Crippen molar-refractivity contribution in [1.82, 2.24) is 19.6 Å². The molecule has 0 saturated heterocycles. The van der Waals surface area contributed by atoms with Gasteiger partial charge in [0.2, 0.25) is 0 Å². The number of aliphatic hydroxyl groups excluding tert-OH is 1. The number of nitrogens with one attached hydrogen (secondary N) is 1. The third-order valence-electron chi connectivity index (χ3n) is 8.89. The number of ether oxygens (including phenoxy) is 1. The molecule has 0 spiro atoms. The minimum absolute atomic E-state index is 0.156. The molecule has 1 aromatic heterocycles. The van der Waals surface area contributed by atoms with Crippen LogP contribution in [0.25, 0.3) is 5.69 Å². The smallest absolute Gasteiger partial charge is 0.274 e. The highest BCUT2D eigenvalue weighted by Gasteiger charge is 2.32. The number of para-hydroxylation sites is 1. The molecule has 5 rings (SSSR count). The van der Waals surface area contributed by atoms with Crippen LogP contribution in [0.15, 0.2) is 72.8 Å². The fourth-order valence-electron chi connectivity index (χ4n) is 6.14. The number of hydrogen-bond donors (Lipinski definition) is 2. The van der Waals surface area contributed by atoms with Gasteiger partial charge in [-0.2, -0.15) is 10.4 Å². The molecule has 3 aromatic carbocycles. The van der Waals surface area contributed by atoms with Crippen LogP contribution in [-0.2, 0) is 17.8 Å². The van der Waals surface area contributed by atoms with Crippen LogP contribution in [0.4, 0.5) is 5.69 Å². The van der Waals surface area contributed by atoms with E-state index >= 15 is 0 Å². The molecular weight excluding hydrogens is 632 g/mol. The predicted molar refractivity (Wildman–Crippen MR) is 190 cm³/mol. The van der Waals surface area contributed by atoms with Gasteiger partial charge in [-0.05, 0) is 73.7 Å². The second-order valence-corrected chi connectivity index (χ2v) is 12.5. The molecule has 0 radical (unpaired) electrons. The molecule has 0 bridgehead atoms. The Kier molecular flexibility index (Phi) is 12.0. The van der Waals surface area contributed by atoms with Crippen LogP contribution < -0.4 is 10.1 Å². The van der Waals surface area contributed by atoms with Gasteiger partial charge in [-0.15, -0.1) is 0 Å². The number of nitriles is 1. The van der Waals surface area contributed by atoms with E-state index < -0.39 is 11.9 Å². The topological polar surface area (TPSA) is 141 Å². The molecular formula is C39H44N6O5. The Bertz CT molecular complexity index is 1870. The van der Waals surface area contributed by atoms with Gasteiger partial charge in [0.15, 0.2) is 12.3 Å². The summed E-state index contributed by atoms with van der Waals surface area (Å²) in [4.78, 5) is 44.7. The van der Waals surface area contributed by atoms with Crippen molar-refractivity contribution >= 4 is 23.4 Å². The summed E-state index contributed by atoms with van der Waals surface area (Å²) in [6.07, 6.45) is 4.21. The third-order valence-corrected chi connectivity index (χ3v) is 8.89. The molecule has 0 saturated carbocycles. The number of benzene rings is 3. The monoisotopic (exact) mass is 676 g/mol. The molecule has 1 aliphatic heterocycles. The molecule has 260 valence electrons. The highest BCUT2D eigenvalue weighted by molar-refractivity contribution is 6.01. The van der Waals surface area contributed by atoms with E-state index in [2.05, 4.69) is 19.2 Å². The van der Waals surface area contributed by atoms with Crippen molar-refractivity contribution in [2.24, 2.45) is 0 Å². The van der Waals surface area contributed by atoms with Gasteiger partial charge in [0.05, 0.1) is 29.5 Å². The van der Waals surface area contributed by atoms with Crippen LogP contribution in [0, 0.1) is 18.3 Å². The fourth-order valence-corrected chi connectivity index (χ4v) is 6.14. The lowest BCUT2D eigenvalue weighted by atomic mass is 9.93. The Hall–Kier alpha value is -5.47. The zero-order valence-electron chi connectivity index (χ0n) is 28.9. The highest BCUT2D eigenvalue weighted by atomic mass is 16.5. The molecule has 11 nitrogen and oxygen atoms in total. The van der Waals surface area contributed by atoms with Crippen molar-refractivity contribution in [1.29, 1.82) is 5.26 Å². The summed E-state index contributed by atoms with van der Waals surface area (Å²) in [6, 6.07) is 22.8. The molecule has 1 aliphatic rings. The van der Waals surface area contributed by atoms with Crippen LogP contribution in [0.1, 0.15) is 82.8 Å². The molecule has 0 unspecified atom stereocenters. The van der Waals surface area contributed by atoms with Gasteiger partial charge in [0.1, 0.15) is 11.8 Å². The molecule has 0 fully saturated rings. The van der Waals surface area contributed by atoms with Gasteiger partial charge in [-0.25, -0.2) is 4.68 Å². The Morgan fingerprint density at radius 1 is 1.00 bits per heavy atom. The van der Waals surface area contributed by atoms with Crippen molar-refractivity contribution in [3.8, 4) is 17.5 Å². The Morgan fingerprint density at radius 3 is 2.40 bits per heavy atom. The molecule has 2 heterocycles. The molecule has 50 heavy (non-hydrogen) atoms. The predicted octanol–water partition coefficient (Wildman–Crippen LogP) is 5.67. The number of nitrogens with zero attached hydrogens (tertiary/aromatic N) is 5. The van der Waals surface area contributed by atoms with Gasteiger partial charge < -0.3 is 25.0 Å². The Balaban J connectivity index is 1.48. The summed E-state index contributed by atoms with van der Waals surface area (Å²) >= 11 is 0. The first-order valence-corrected chi connectivity index (χ1v) is 17.2. The van der Waals surface area contributed by atoms with Gasteiger partial charge in [-0.1, -0.05) is 63.1 Å². The van der Waals surface area contributed by atoms with E-state index in [1.807, 2.05) is 42.2 Å². The number of hydrogen-bond acceptors (Lipinski definition) is 7. The second-order valence-electron chi connectivity index (χ2n) is 12.5. The van der Waals surface area contributed by atoms with E-state index in [1.54, 1.807) is 58.1 Å². The van der Waals surface area contributed by atoms with Crippen molar-refractivity contribution in [3.05, 3.63) is 106 Å². The summed E-state index contributed by atoms with van der Waals surface area (Å²) in [7, 11) is 0. The Morgan fingerprint density at radius 2 is 1.70 bits per heavy atom. The lowest BCUT2D eigenvalue weighted by Crippen LogP contribution is -2.46. The number of anilines is 1. The minimum atomic E-state index is -0.480. The quantitative estimate of drug-likeness (QED) is 0.175. The minimum Gasteiger partial charge on any atom is -0.482 e. The maximum Gasteiger partial charge on any atom is 0.274 e. The molecule has 0 aliphatic carbocycles. The summed E-state index contributed by atoms with van der Waals surface area (Å²) in [5.41, 5.74) is 4.38. The average Bonchev–Trinajstić information content (AvgIpc) is 3.53. The number of carbonyl (C=O) groups excluding carboxylic acids is 3. The van der Waals surface area contributed by atoms with Gasteiger partial charge in [0, 0.05) is 31.0 Å². The van der Waals surface area contributed by atoms with Gasteiger partial charge in [-0.3, -0.25) is 14.4 Å². The first-order valence-electron chi connectivity index (χ1n) is 17.2. The number of aryl methyl sites for hydroxylation is 1. The van der Waals surface area contributed by atoms with Gasteiger partial charge in [0.25, 0.3) is 17.7 Å². The summed E-state index contributed by atoms with van der Waals surface area (Å²) in [6.45, 7) is 7.03. The Labute approximate surface area is 293 Å². The maximum atomic E-state index is 14.5. The second kappa shape index (κ2) is 16.8. The zero-order valence-corrected chi connectivity index (χ0v) is 28.9. The number of aliphatic hydroxyl groups is 1. The standard InChI is InChI=1S/C39H44N6O5/c1-4-6-18-43(19-7-5-2)39(49)34-20-27(3)45(42-34)35-17-16-31(41-37(47)26-50-36-15-11-10-13-29(36)23-40)22-33(35)38(48)44-24-30-14-9-8-12-28(30)21-32(44)25-46/h8-17,20,22,32,46H,4-7,18-19,21,24-26H2,1-3H3,(H,41,47)/t32-/m0/s1. The molecule has 11 heteroatoms. The lowest BCUT2D eigenvalue weighted by molar-refractivity contribution is -0.118. The first kappa shape index (κ1) is 35.8. The molecule has 3 amide bonds. The van der Waals surface area contributed by atoms with Crippen LogP contribution in [0.5, 0.6) is 5.75 Å². The molecule has 2 N–H and O–H groups in total. The van der Waals surface area contributed by atoms with E-state index in [-0.39, 0.29) is 30.6 Å². The van der Waals surface area contributed by atoms with Crippen LogP contribution in [0.2, 0.25) is 0 Å². The molecule has 4 aromatic rings. The van der Waals surface area contributed by atoms with E-state index in [0.29, 0.717) is 60.1 Å². The number of fused-ring (bicyclic) bond motifs is 1. The van der Waals surface area contributed by atoms with Crippen molar-refractivity contribution in [2.75, 3.05) is 31.6 Å². The van der Waals surface area contributed by atoms with Crippen molar-refractivity contribution in [2.45, 2.75) is 65.5 Å². The maximum absolute atomic E-state index is 14.5. The van der Waals surface area contributed by atoms with E-state index in [9.17, 15) is 24.8 Å². The van der Waals surface area contributed by atoms with Crippen LogP contribution in [0.3, 0.4) is 0 Å². The lowest BCUT2D eigenvalue weighted by Gasteiger charge is -2.36. The number of amides is 3. The largest absolute Gasteiger partial charge is 0.482 e. The van der Waals surface area contributed by atoms with E-state index in [1.165, 1.54) is 0 Å². The number of aromatic nitrogens is 2. The van der Waals surface area contributed by atoms with Gasteiger partial charge >= 0.3 is 0 Å². The zero-order chi connectivity index (χ0) is 35.6. The van der Waals surface area contributed by atoms with Crippen molar-refractivity contribution < 1.29 is 24.2 Å². The van der Waals surface area contributed by atoms with Crippen LogP contribution >= 0.6 is 0 Å². The number of rotatable bonds is 14. The van der Waals surface area contributed by atoms with E-state index in [4.69, 9.17) is 9.84 Å². The summed E-state index contributed by atoms with van der Waals surface area (Å²) < 4.78 is 7.21. The SMILES string of the molecule is CCCCN(CCCC)C(=O)c1cc(C)n(-c2ccc(NC(=O)COc3ccccc3C#N)cc2C(=O)N2Cc3ccccc3C[C@H]2CO)n1. The van der Waals surface area contributed by atoms with Crippen molar-refractivity contribution in [3.63, 3.8) is 0 Å². The first-order chi connectivity index (χ1) is 24.3. The average molecular weight is 677 g/mol. The highest BCUT2D eigenvalue weighted by Crippen LogP contribution is 2.29. The third kappa shape index (κ3) is 8.21. The normalized spacial score (nSPS) is 13.7.